The van der Waals surface area contributed by atoms with Gasteiger partial charge in [-0.2, -0.15) is 5.26 Å². The molecule has 22 heavy (non-hydrogen) atoms. The normalized spacial score (nSPS) is 11.7. The molecule has 0 spiro atoms. The van der Waals surface area contributed by atoms with Gasteiger partial charge in [0.05, 0.1) is 12.3 Å². The number of hydrogen-bond donors (Lipinski definition) is 1. The second-order valence-corrected chi connectivity index (χ2v) is 5.14. The Kier molecular flexibility index (Phi) is 5.31. The summed E-state index contributed by atoms with van der Waals surface area (Å²) in [6.45, 7) is 3.88. The van der Waals surface area contributed by atoms with E-state index in [0.29, 0.717) is 24.5 Å². The van der Waals surface area contributed by atoms with Gasteiger partial charge in [-0.1, -0.05) is 36.8 Å². The first-order chi connectivity index (χ1) is 10.6. The zero-order chi connectivity index (χ0) is 15.9. The van der Waals surface area contributed by atoms with E-state index in [4.69, 9.17) is 9.68 Å². The van der Waals surface area contributed by atoms with E-state index < -0.39 is 6.04 Å². The van der Waals surface area contributed by atoms with Gasteiger partial charge in [0.1, 0.15) is 6.04 Å². The quantitative estimate of drug-likeness (QED) is 0.889. The molecule has 1 aromatic carbocycles. The average Bonchev–Trinajstić information content (AvgIpc) is 3.00. The monoisotopic (exact) mass is 297 g/mol. The first-order valence-electron chi connectivity index (χ1n) is 7.33. The zero-order valence-electron chi connectivity index (χ0n) is 12.8. The molecule has 5 heteroatoms. The van der Waals surface area contributed by atoms with E-state index in [1.807, 2.05) is 44.2 Å². The number of carbonyl (C=O) groups excluding carboxylic acids is 1. The largest absolute Gasteiger partial charge is 0.441 e. The molecule has 1 amide bonds. The van der Waals surface area contributed by atoms with Crippen molar-refractivity contribution < 1.29 is 9.21 Å². The number of aromatic nitrogens is 1. The predicted molar refractivity (Wildman–Crippen MR) is 82.8 cm³/mol. The van der Waals surface area contributed by atoms with Crippen LogP contribution in [0.15, 0.2) is 34.9 Å². The third-order valence-electron chi connectivity index (χ3n) is 3.35. The number of aryl methyl sites for hydroxylation is 2. The minimum absolute atomic E-state index is 0.163. The van der Waals surface area contributed by atoms with E-state index in [-0.39, 0.29) is 12.3 Å². The number of nitrogens with zero attached hydrogens (tertiary/aromatic N) is 2. The number of rotatable bonds is 6. The molecule has 1 heterocycles. The van der Waals surface area contributed by atoms with Crippen molar-refractivity contribution >= 4 is 5.91 Å². The summed E-state index contributed by atoms with van der Waals surface area (Å²) in [7, 11) is 0. The van der Waals surface area contributed by atoms with Crippen molar-refractivity contribution in [3.05, 3.63) is 41.9 Å². The molecule has 0 bridgehead atoms. The summed E-state index contributed by atoms with van der Waals surface area (Å²) < 4.78 is 5.66. The van der Waals surface area contributed by atoms with Crippen LogP contribution in [0.1, 0.15) is 31.2 Å². The molecule has 1 unspecified atom stereocenters. The number of carbonyl (C=O) groups is 1. The molecule has 0 radical (unpaired) electrons. The van der Waals surface area contributed by atoms with Gasteiger partial charge >= 0.3 is 0 Å². The van der Waals surface area contributed by atoms with Crippen molar-refractivity contribution in [2.45, 2.75) is 39.2 Å². The number of hydrogen-bond acceptors (Lipinski definition) is 4. The molecular weight excluding hydrogens is 278 g/mol. The summed E-state index contributed by atoms with van der Waals surface area (Å²) in [5, 5.41) is 11.5. The number of amides is 1. The zero-order valence-corrected chi connectivity index (χ0v) is 12.8. The number of nitriles is 1. The lowest BCUT2D eigenvalue weighted by Crippen LogP contribution is -2.33. The fourth-order valence-electron chi connectivity index (χ4n) is 1.99. The number of benzene rings is 1. The van der Waals surface area contributed by atoms with Crippen molar-refractivity contribution in [1.29, 1.82) is 5.26 Å². The highest BCUT2D eigenvalue weighted by atomic mass is 16.4. The Morgan fingerprint density at radius 1 is 1.41 bits per heavy atom. The van der Waals surface area contributed by atoms with E-state index in [9.17, 15) is 4.79 Å². The van der Waals surface area contributed by atoms with Gasteiger partial charge in [-0.05, 0) is 13.3 Å². The molecule has 0 saturated heterocycles. The Balaban J connectivity index is 1.91. The maximum Gasteiger partial charge on any atom is 0.221 e. The van der Waals surface area contributed by atoms with Crippen LogP contribution in [-0.4, -0.2) is 16.9 Å². The van der Waals surface area contributed by atoms with Gasteiger partial charge in [0.2, 0.25) is 5.91 Å². The van der Waals surface area contributed by atoms with Crippen molar-refractivity contribution in [2.24, 2.45) is 0 Å². The standard InChI is InChI=1S/C17H19N3O2/c1-3-14(10-18)20-16(21)8-9-17-19-11-15(22-17)13-6-4-12(2)5-7-13/h4-7,11,14H,3,8-9H2,1-2H3,(H,20,21). The summed E-state index contributed by atoms with van der Waals surface area (Å²) in [5.41, 5.74) is 2.15. The first kappa shape index (κ1) is 15.8. The number of oxazole rings is 1. The predicted octanol–water partition coefficient (Wildman–Crippen LogP) is 3.00. The lowest BCUT2D eigenvalue weighted by molar-refractivity contribution is -0.121. The molecule has 0 aliphatic rings. The second-order valence-electron chi connectivity index (χ2n) is 5.14. The molecular formula is C17H19N3O2. The van der Waals surface area contributed by atoms with Gasteiger partial charge in [0.15, 0.2) is 11.7 Å². The summed E-state index contributed by atoms with van der Waals surface area (Å²) in [4.78, 5) is 15.9. The summed E-state index contributed by atoms with van der Waals surface area (Å²) in [6, 6.07) is 9.59. The van der Waals surface area contributed by atoms with Gasteiger partial charge in [-0.15, -0.1) is 0 Å². The first-order valence-corrected chi connectivity index (χ1v) is 7.33. The fraction of sp³-hybridized carbons (Fsp3) is 0.353. The van der Waals surface area contributed by atoms with E-state index >= 15 is 0 Å². The molecule has 5 nitrogen and oxygen atoms in total. The lowest BCUT2D eigenvalue weighted by atomic mass is 10.1. The Hall–Kier alpha value is -2.61. The fourth-order valence-corrected chi connectivity index (χ4v) is 1.99. The summed E-state index contributed by atoms with van der Waals surface area (Å²) in [6.07, 6.45) is 2.94. The van der Waals surface area contributed by atoms with Crippen molar-refractivity contribution in [2.75, 3.05) is 0 Å². The van der Waals surface area contributed by atoms with Gasteiger partial charge in [0, 0.05) is 18.4 Å². The van der Waals surface area contributed by atoms with Crippen LogP contribution in [0, 0.1) is 18.3 Å². The summed E-state index contributed by atoms with van der Waals surface area (Å²) >= 11 is 0. The molecule has 2 rings (SSSR count). The molecule has 0 aliphatic carbocycles. The van der Waals surface area contributed by atoms with Gasteiger partial charge in [-0.25, -0.2) is 4.98 Å². The van der Waals surface area contributed by atoms with E-state index in [0.717, 1.165) is 5.56 Å². The Morgan fingerprint density at radius 2 is 2.14 bits per heavy atom. The van der Waals surface area contributed by atoms with Crippen LogP contribution in [0.5, 0.6) is 0 Å². The molecule has 2 aromatic rings. The van der Waals surface area contributed by atoms with Gasteiger partial charge in [-0.3, -0.25) is 4.79 Å². The van der Waals surface area contributed by atoms with Crippen LogP contribution in [0.2, 0.25) is 0 Å². The topological polar surface area (TPSA) is 78.9 Å². The third-order valence-corrected chi connectivity index (χ3v) is 3.35. The minimum Gasteiger partial charge on any atom is -0.441 e. The minimum atomic E-state index is -0.430. The van der Waals surface area contributed by atoms with Crippen LogP contribution in [-0.2, 0) is 11.2 Å². The smallest absolute Gasteiger partial charge is 0.221 e. The SMILES string of the molecule is CCC(C#N)NC(=O)CCc1ncc(-c2ccc(C)cc2)o1. The molecule has 0 aliphatic heterocycles. The number of nitrogens with one attached hydrogen (secondary N) is 1. The van der Waals surface area contributed by atoms with E-state index in [2.05, 4.69) is 10.3 Å². The molecule has 0 fully saturated rings. The van der Waals surface area contributed by atoms with E-state index in [1.165, 1.54) is 5.56 Å². The lowest BCUT2D eigenvalue weighted by Gasteiger charge is -2.07. The maximum absolute atomic E-state index is 11.7. The second kappa shape index (κ2) is 7.41. The van der Waals surface area contributed by atoms with Gasteiger partial charge in [0.25, 0.3) is 0 Å². The van der Waals surface area contributed by atoms with Crippen LogP contribution in [0.25, 0.3) is 11.3 Å². The third kappa shape index (κ3) is 4.19. The maximum atomic E-state index is 11.7. The highest BCUT2D eigenvalue weighted by Crippen LogP contribution is 2.21. The Morgan fingerprint density at radius 3 is 2.77 bits per heavy atom. The van der Waals surface area contributed by atoms with Gasteiger partial charge < -0.3 is 9.73 Å². The van der Waals surface area contributed by atoms with Crippen molar-refractivity contribution in [1.82, 2.24) is 10.3 Å². The van der Waals surface area contributed by atoms with Crippen LogP contribution < -0.4 is 5.32 Å². The molecule has 1 aromatic heterocycles. The molecule has 1 atom stereocenters. The van der Waals surface area contributed by atoms with Crippen molar-refractivity contribution in [3.8, 4) is 17.4 Å². The van der Waals surface area contributed by atoms with Crippen LogP contribution in [0.3, 0.4) is 0 Å². The summed E-state index contributed by atoms with van der Waals surface area (Å²) in [5.74, 6) is 1.05. The molecule has 114 valence electrons. The highest BCUT2D eigenvalue weighted by molar-refractivity contribution is 5.76. The van der Waals surface area contributed by atoms with E-state index in [1.54, 1.807) is 6.20 Å². The Labute approximate surface area is 130 Å². The average molecular weight is 297 g/mol. The molecule has 1 N–H and O–H groups in total. The Bertz CT molecular complexity index is 668. The molecule has 0 saturated carbocycles. The highest BCUT2D eigenvalue weighted by Gasteiger charge is 2.11. The van der Waals surface area contributed by atoms with Crippen molar-refractivity contribution in [3.63, 3.8) is 0 Å². The van der Waals surface area contributed by atoms with Crippen LogP contribution in [0.4, 0.5) is 0 Å². The van der Waals surface area contributed by atoms with Crippen LogP contribution >= 0.6 is 0 Å².